The van der Waals surface area contributed by atoms with Crippen LogP contribution in [-0.2, 0) is 0 Å². The van der Waals surface area contributed by atoms with Crippen molar-refractivity contribution in [3.63, 3.8) is 0 Å². The Bertz CT molecular complexity index is 405. The first kappa shape index (κ1) is 17.6. The monoisotopic (exact) mass is 300 g/mol. The van der Waals surface area contributed by atoms with Crippen molar-refractivity contribution in [2.24, 2.45) is 11.8 Å². The lowest BCUT2D eigenvalue weighted by Gasteiger charge is -2.31. The van der Waals surface area contributed by atoms with Crippen molar-refractivity contribution >= 4 is 0 Å². The molecule has 0 aromatic rings. The highest BCUT2D eigenvalue weighted by Crippen LogP contribution is 2.40. The molecule has 22 heavy (non-hydrogen) atoms. The molecule has 0 aliphatic heterocycles. The summed E-state index contributed by atoms with van der Waals surface area (Å²) in [4.78, 5) is 0. The number of allylic oxidation sites excluding steroid dienone is 6. The molecule has 0 saturated heterocycles. The third-order valence-electron chi connectivity index (χ3n) is 6.08. The van der Waals surface area contributed by atoms with Gasteiger partial charge in [0.25, 0.3) is 0 Å². The minimum Gasteiger partial charge on any atom is -0.0847 e. The summed E-state index contributed by atoms with van der Waals surface area (Å²) in [6.45, 7) is 9.39. The minimum absolute atomic E-state index is 0.840. The third kappa shape index (κ3) is 4.15. The average Bonchev–Trinajstić information content (AvgIpc) is 2.60. The van der Waals surface area contributed by atoms with Gasteiger partial charge in [0, 0.05) is 0 Å². The third-order valence-corrected chi connectivity index (χ3v) is 6.08. The largest absolute Gasteiger partial charge is 0.0847 e. The summed E-state index contributed by atoms with van der Waals surface area (Å²) in [5, 5.41) is 0. The van der Waals surface area contributed by atoms with Crippen LogP contribution in [0.2, 0.25) is 0 Å². The molecule has 0 saturated carbocycles. The topological polar surface area (TPSA) is 0 Å². The Kier molecular flexibility index (Phi) is 6.99. The molecule has 0 bridgehead atoms. The molecule has 0 fully saturated rings. The molecule has 2 aliphatic rings. The van der Waals surface area contributed by atoms with Gasteiger partial charge in [-0.3, -0.25) is 0 Å². The molecule has 0 nitrogen and oxygen atoms in total. The maximum atomic E-state index is 2.55. The second-order valence-corrected chi connectivity index (χ2v) is 7.13. The van der Waals surface area contributed by atoms with Crippen molar-refractivity contribution in [3.8, 4) is 0 Å². The zero-order valence-electron chi connectivity index (χ0n) is 15.4. The summed E-state index contributed by atoms with van der Waals surface area (Å²) in [6, 6.07) is 0. The fraction of sp³-hybridized carbons (Fsp3) is 0.727. The molecule has 0 radical (unpaired) electrons. The van der Waals surface area contributed by atoms with Gasteiger partial charge in [0.15, 0.2) is 0 Å². The lowest BCUT2D eigenvalue weighted by molar-refractivity contribution is 0.471. The van der Waals surface area contributed by atoms with E-state index in [0.29, 0.717) is 0 Å². The summed E-state index contributed by atoms with van der Waals surface area (Å²) >= 11 is 0. The molecule has 2 aliphatic carbocycles. The Morgan fingerprint density at radius 3 is 1.41 bits per heavy atom. The molecule has 0 amide bonds. The van der Waals surface area contributed by atoms with Crippen LogP contribution in [0.15, 0.2) is 34.4 Å². The minimum atomic E-state index is 0.840. The van der Waals surface area contributed by atoms with Gasteiger partial charge in [-0.1, -0.05) is 62.1 Å². The predicted molar refractivity (Wildman–Crippen MR) is 99.0 cm³/mol. The van der Waals surface area contributed by atoms with E-state index < -0.39 is 0 Å². The van der Waals surface area contributed by atoms with Crippen molar-refractivity contribution in [3.05, 3.63) is 34.4 Å². The maximum Gasteiger partial charge on any atom is -0.0163 e. The first-order valence-electron chi connectivity index (χ1n) is 9.80. The van der Waals surface area contributed by atoms with Gasteiger partial charge in [0.1, 0.15) is 0 Å². The smallest absolute Gasteiger partial charge is 0.0163 e. The summed E-state index contributed by atoms with van der Waals surface area (Å²) in [7, 11) is 0. The van der Waals surface area contributed by atoms with E-state index in [-0.39, 0.29) is 0 Å². The quantitative estimate of drug-likeness (QED) is 0.449. The zero-order valence-corrected chi connectivity index (χ0v) is 15.4. The van der Waals surface area contributed by atoms with Gasteiger partial charge in [-0.15, -0.1) is 0 Å². The normalized spacial score (nSPS) is 27.1. The maximum absolute atomic E-state index is 2.55. The van der Waals surface area contributed by atoms with Crippen molar-refractivity contribution in [1.82, 2.24) is 0 Å². The van der Waals surface area contributed by atoms with Crippen LogP contribution in [-0.4, -0.2) is 0 Å². The van der Waals surface area contributed by atoms with Crippen LogP contribution in [0.5, 0.6) is 0 Å². The molecular weight excluding hydrogens is 264 g/mol. The van der Waals surface area contributed by atoms with Crippen LogP contribution in [0.3, 0.4) is 0 Å². The fourth-order valence-electron chi connectivity index (χ4n) is 4.61. The Morgan fingerprint density at radius 1 is 0.773 bits per heavy atom. The zero-order chi connectivity index (χ0) is 15.9. The lowest BCUT2D eigenvalue weighted by atomic mass is 9.74. The second-order valence-electron chi connectivity index (χ2n) is 7.13. The number of hydrogen-bond acceptors (Lipinski definition) is 0. The van der Waals surface area contributed by atoms with E-state index in [2.05, 4.69) is 39.8 Å². The van der Waals surface area contributed by atoms with Gasteiger partial charge in [-0.2, -0.15) is 0 Å². The van der Waals surface area contributed by atoms with Gasteiger partial charge in [-0.05, 0) is 76.0 Å². The molecule has 2 rings (SSSR count). The standard InChI is InChI=1S/C22H36/c1-5-17-9-13-19(14-10-17)21(7-3)22(8-4)20-15-11-18(6-2)12-16-20/h9,11,19-20H,5-8,10,12-16H2,1-4H3/b22-21+. The van der Waals surface area contributed by atoms with E-state index in [1.807, 2.05) is 11.1 Å². The summed E-state index contributed by atoms with van der Waals surface area (Å²) in [5.41, 5.74) is 7.04. The van der Waals surface area contributed by atoms with Gasteiger partial charge >= 0.3 is 0 Å². The van der Waals surface area contributed by atoms with Crippen LogP contribution in [0, 0.1) is 11.8 Å². The van der Waals surface area contributed by atoms with Gasteiger partial charge in [0.2, 0.25) is 0 Å². The van der Waals surface area contributed by atoms with E-state index in [0.717, 1.165) is 11.8 Å². The molecule has 2 atom stereocenters. The van der Waals surface area contributed by atoms with E-state index in [1.165, 1.54) is 64.2 Å². The number of hydrogen-bond donors (Lipinski definition) is 0. The van der Waals surface area contributed by atoms with Crippen molar-refractivity contribution in [1.29, 1.82) is 0 Å². The van der Waals surface area contributed by atoms with Crippen LogP contribution in [0.1, 0.15) is 91.9 Å². The fourth-order valence-corrected chi connectivity index (χ4v) is 4.61. The highest BCUT2D eigenvalue weighted by Gasteiger charge is 2.24. The molecular formula is C22H36. The van der Waals surface area contributed by atoms with Gasteiger partial charge in [-0.25, -0.2) is 0 Å². The first-order chi connectivity index (χ1) is 10.7. The van der Waals surface area contributed by atoms with Crippen LogP contribution >= 0.6 is 0 Å². The molecule has 0 aromatic carbocycles. The van der Waals surface area contributed by atoms with Crippen molar-refractivity contribution in [2.45, 2.75) is 91.9 Å². The Morgan fingerprint density at radius 2 is 1.18 bits per heavy atom. The van der Waals surface area contributed by atoms with Crippen LogP contribution in [0.25, 0.3) is 0 Å². The van der Waals surface area contributed by atoms with Crippen molar-refractivity contribution < 1.29 is 0 Å². The molecule has 2 unspecified atom stereocenters. The molecule has 0 spiro atoms. The summed E-state index contributed by atoms with van der Waals surface area (Å²) in [5.74, 6) is 1.68. The SMILES string of the molecule is CCC1=CCC(/C(CC)=C(\CC)C2CC=C(CC)CC2)CC1. The molecule has 124 valence electrons. The van der Waals surface area contributed by atoms with E-state index in [4.69, 9.17) is 0 Å². The average molecular weight is 301 g/mol. The highest BCUT2D eigenvalue weighted by atomic mass is 14.3. The summed E-state index contributed by atoms with van der Waals surface area (Å²) in [6.07, 6.45) is 18.2. The first-order valence-corrected chi connectivity index (χ1v) is 9.80. The predicted octanol–water partition coefficient (Wildman–Crippen LogP) is 7.38. The van der Waals surface area contributed by atoms with E-state index in [1.54, 1.807) is 11.1 Å². The molecule has 0 heterocycles. The Balaban J connectivity index is 2.16. The van der Waals surface area contributed by atoms with Crippen molar-refractivity contribution in [2.75, 3.05) is 0 Å². The molecule has 0 aromatic heterocycles. The lowest BCUT2D eigenvalue weighted by Crippen LogP contribution is -2.16. The second kappa shape index (κ2) is 8.75. The molecule has 0 N–H and O–H groups in total. The Labute approximate surface area is 138 Å². The van der Waals surface area contributed by atoms with Gasteiger partial charge in [0.05, 0.1) is 0 Å². The van der Waals surface area contributed by atoms with Crippen LogP contribution < -0.4 is 0 Å². The molecule has 0 heteroatoms. The van der Waals surface area contributed by atoms with Gasteiger partial charge < -0.3 is 0 Å². The van der Waals surface area contributed by atoms with E-state index in [9.17, 15) is 0 Å². The summed E-state index contributed by atoms with van der Waals surface area (Å²) < 4.78 is 0. The van der Waals surface area contributed by atoms with E-state index >= 15 is 0 Å². The van der Waals surface area contributed by atoms with Crippen LogP contribution in [0.4, 0.5) is 0 Å². The highest BCUT2D eigenvalue weighted by molar-refractivity contribution is 5.25. The number of rotatable bonds is 6. The Hall–Kier alpha value is -0.780.